The predicted molar refractivity (Wildman–Crippen MR) is 152 cm³/mol. The molecule has 36 heavy (non-hydrogen) atoms. The van der Waals surface area contributed by atoms with Crippen LogP contribution >= 0.6 is 0 Å². The van der Waals surface area contributed by atoms with Crippen LogP contribution in [-0.4, -0.2) is 10.6 Å². The Morgan fingerprint density at radius 2 is 1.28 bits per heavy atom. The van der Waals surface area contributed by atoms with E-state index in [1.807, 2.05) is 0 Å². The van der Waals surface area contributed by atoms with E-state index in [9.17, 15) is 0 Å². The van der Waals surface area contributed by atoms with E-state index in [4.69, 9.17) is 0 Å². The van der Waals surface area contributed by atoms with E-state index in [0.29, 0.717) is 6.04 Å². The lowest BCUT2D eigenvalue weighted by Crippen LogP contribution is -2.28. The van der Waals surface area contributed by atoms with E-state index in [0.717, 1.165) is 6.42 Å². The molecule has 0 spiro atoms. The number of hydrogen-bond acceptors (Lipinski definition) is 1. The zero-order valence-corrected chi connectivity index (χ0v) is 20.1. The summed E-state index contributed by atoms with van der Waals surface area (Å²) in [7, 11) is 0. The molecule has 1 unspecified atom stereocenters. The molecule has 8 rings (SSSR count). The minimum absolute atomic E-state index is 0.390. The van der Waals surface area contributed by atoms with Crippen LogP contribution in [0.4, 0.5) is 11.4 Å². The molecule has 0 saturated carbocycles. The van der Waals surface area contributed by atoms with Crippen molar-refractivity contribution in [1.29, 1.82) is 0 Å². The molecular weight excluding hydrogens is 436 g/mol. The second kappa shape index (κ2) is 7.60. The van der Waals surface area contributed by atoms with Gasteiger partial charge in [-0.2, -0.15) is 0 Å². The summed E-state index contributed by atoms with van der Waals surface area (Å²) >= 11 is 0. The number of para-hydroxylation sites is 2. The molecule has 2 nitrogen and oxygen atoms in total. The number of nitrogens with zero attached hydrogens (tertiary/aromatic N) is 2. The van der Waals surface area contributed by atoms with Crippen molar-refractivity contribution in [2.75, 3.05) is 4.90 Å². The number of aromatic nitrogens is 1. The molecule has 1 aliphatic heterocycles. The summed E-state index contributed by atoms with van der Waals surface area (Å²) in [5.74, 6) is 0. The molecule has 0 amide bonds. The molecule has 1 aromatic heterocycles. The zero-order valence-electron chi connectivity index (χ0n) is 20.1. The van der Waals surface area contributed by atoms with E-state index in [-0.39, 0.29) is 0 Å². The first-order valence-corrected chi connectivity index (χ1v) is 13.0. The predicted octanol–water partition coefficient (Wildman–Crippen LogP) is 9.02. The van der Waals surface area contributed by atoms with Gasteiger partial charge < -0.3 is 9.47 Å². The van der Waals surface area contributed by atoms with Gasteiger partial charge in [-0.3, -0.25) is 0 Å². The number of hydrogen-bond donors (Lipinski definition) is 0. The molecule has 5 aromatic carbocycles. The van der Waals surface area contributed by atoms with Gasteiger partial charge in [0.1, 0.15) is 0 Å². The van der Waals surface area contributed by atoms with Gasteiger partial charge in [0.2, 0.25) is 0 Å². The molecule has 6 aromatic rings. The summed E-state index contributed by atoms with van der Waals surface area (Å²) in [4.78, 5) is 2.63. The van der Waals surface area contributed by atoms with Gasteiger partial charge in [-0.1, -0.05) is 91.0 Å². The van der Waals surface area contributed by atoms with Gasteiger partial charge in [0.25, 0.3) is 0 Å². The molecule has 0 radical (unpaired) electrons. The third-order valence-corrected chi connectivity index (χ3v) is 8.11. The summed E-state index contributed by atoms with van der Waals surface area (Å²) in [6.07, 6.45) is 6.08. The van der Waals surface area contributed by atoms with Gasteiger partial charge >= 0.3 is 0 Å². The van der Waals surface area contributed by atoms with Crippen molar-refractivity contribution in [2.24, 2.45) is 0 Å². The first-order chi connectivity index (χ1) is 17.9. The maximum Gasteiger partial charge on any atom is 0.0785 e. The highest BCUT2D eigenvalue weighted by Gasteiger charge is 2.38. The highest BCUT2D eigenvalue weighted by Crippen LogP contribution is 2.53. The maximum atomic E-state index is 2.63. The molecule has 0 saturated heterocycles. The first-order valence-electron chi connectivity index (χ1n) is 13.0. The van der Waals surface area contributed by atoms with Crippen LogP contribution in [0.15, 0.2) is 115 Å². The summed E-state index contributed by atoms with van der Waals surface area (Å²) < 4.78 is 2.53. The van der Waals surface area contributed by atoms with Crippen LogP contribution in [0.5, 0.6) is 0 Å². The van der Waals surface area contributed by atoms with Gasteiger partial charge in [-0.25, -0.2) is 0 Å². The van der Waals surface area contributed by atoms with Crippen molar-refractivity contribution < 1.29 is 0 Å². The smallest absolute Gasteiger partial charge is 0.0785 e. The fourth-order valence-electron chi connectivity index (χ4n) is 6.63. The Morgan fingerprint density at radius 3 is 2.11 bits per heavy atom. The molecule has 0 bridgehead atoms. The lowest BCUT2D eigenvalue weighted by molar-refractivity contribution is 0.659. The SMILES string of the molecule is C1=C2c3ccc4c5ccc6ccccc6c5n(-c5ccccc5)c4c3N(c3ccccc3)C2CCC1. The summed E-state index contributed by atoms with van der Waals surface area (Å²) in [5, 5.41) is 5.20. The fraction of sp³-hybridized carbons (Fsp3) is 0.118. The normalized spacial score (nSPS) is 16.9. The van der Waals surface area contributed by atoms with E-state index in [1.165, 1.54) is 73.6 Å². The average Bonchev–Trinajstić information content (AvgIpc) is 3.47. The van der Waals surface area contributed by atoms with Gasteiger partial charge in [-0.05, 0) is 54.5 Å². The summed E-state index contributed by atoms with van der Waals surface area (Å²) in [6.45, 7) is 0. The minimum Gasteiger partial charge on any atom is -0.332 e. The number of fused-ring (bicyclic) bond motifs is 9. The van der Waals surface area contributed by atoms with Gasteiger partial charge in [0, 0.05) is 33.1 Å². The number of anilines is 2. The average molecular weight is 463 g/mol. The molecule has 172 valence electrons. The molecule has 0 N–H and O–H groups in total. The molecule has 2 heteroatoms. The lowest BCUT2D eigenvalue weighted by Gasteiger charge is -2.30. The van der Waals surface area contributed by atoms with Crippen molar-refractivity contribution in [3.05, 3.63) is 121 Å². The first kappa shape index (κ1) is 19.9. The van der Waals surface area contributed by atoms with Crippen LogP contribution in [-0.2, 0) is 0 Å². The van der Waals surface area contributed by atoms with Crippen molar-refractivity contribution in [1.82, 2.24) is 4.57 Å². The minimum atomic E-state index is 0.390. The number of allylic oxidation sites excluding steroid dienone is 1. The van der Waals surface area contributed by atoms with Crippen LogP contribution in [0, 0.1) is 0 Å². The van der Waals surface area contributed by atoms with E-state index in [1.54, 1.807) is 0 Å². The quantitative estimate of drug-likeness (QED) is 0.249. The summed E-state index contributed by atoms with van der Waals surface area (Å²) in [5.41, 5.74) is 9.32. The van der Waals surface area contributed by atoms with Crippen LogP contribution in [0.1, 0.15) is 24.8 Å². The Kier molecular flexibility index (Phi) is 4.21. The standard InChI is InChI=1S/C34H26N2/c1-3-12-24(13-4-1)35-31-18-10-9-17-27(31)28-21-22-30-29-20-19-23-11-7-8-16-26(23)32(29)36(34(30)33(28)35)25-14-5-2-6-15-25/h1-8,11-17,19-22,31H,9-10,18H2. The zero-order chi connectivity index (χ0) is 23.6. The maximum absolute atomic E-state index is 2.63. The van der Waals surface area contributed by atoms with Crippen molar-refractivity contribution in [2.45, 2.75) is 25.3 Å². The molecule has 0 fully saturated rings. The molecule has 1 atom stereocenters. The third kappa shape index (κ3) is 2.67. The Morgan fingerprint density at radius 1 is 0.583 bits per heavy atom. The Bertz CT molecular complexity index is 1810. The Balaban J connectivity index is 1.59. The van der Waals surface area contributed by atoms with Crippen LogP contribution in [0.2, 0.25) is 0 Å². The second-order valence-electron chi connectivity index (χ2n) is 10.0. The monoisotopic (exact) mass is 462 g/mol. The molecule has 2 heterocycles. The number of benzene rings is 5. The van der Waals surface area contributed by atoms with Gasteiger partial charge in [-0.15, -0.1) is 0 Å². The highest BCUT2D eigenvalue weighted by atomic mass is 15.2. The molecule has 2 aliphatic rings. The van der Waals surface area contributed by atoms with Crippen LogP contribution in [0.25, 0.3) is 43.8 Å². The molecular formula is C34H26N2. The molecule has 1 aliphatic carbocycles. The summed E-state index contributed by atoms with van der Waals surface area (Å²) in [6, 6.07) is 40.4. The highest BCUT2D eigenvalue weighted by molar-refractivity contribution is 6.22. The fourth-order valence-corrected chi connectivity index (χ4v) is 6.63. The van der Waals surface area contributed by atoms with Gasteiger partial charge in [0.05, 0.1) is 22.8 Å². The van der Waals surface area contributed by atoms with E-state index >= 15 is 0 Å². The Hall–Kier alpha value is -4.30. The van der Waals surface area contributed by atoms with Crippen molar-refractivity contribution >= 4 is 49.5 Å². The Labute approximate surface area is 210 Å². The third-order valence-electron chi connectivity index (χ3n) is 8.11. The largest absolute Gasteiger partial charge is 0.332 e. The van der Waals surface area contributed by atoms with E-state index < -0.39 is 0 Å². The van der Waals surface area contributed by atoms with Crippen molar-refractivity contribution in [3.8, 4) is 5.69 Å². The van der Waals surface area contributed by atoms with Crippen LogP contribution in [0.3, 0.4) is 0 Å². The van der Waals surface area contributed by atoms with Crippen LogP contribution < -0.4 is 4.90 Å². The van der Waals surface area contributed by atoms with Crippen molar-refractivity contribution in [3.63, 3.8) is 0 Å². The number of rotatable bonds is 2. The lowest BCUT2D eigenvalue weighted by atomic mass is 9.91. The van der Waals surface area contributed by atoms with Gasteiger partial charge in [0.15, 0.2) is 0 Å². The topological polar surface area (TPSA) is 8.17 Å². The second-order valence-corrected chi connectivity index (χ2v) is 10.0. The van der Waals surface area contributed by atoms with E-state index in [2.05, 4.69) is 125 Å².